The standard InChI is InChI=1S/C10H18O2/c1-6(2)7-8(10(3,4)5)12-9(7)11/h6-8H,1-5H3. The summed E-state index contributed by atoms with van der Waals surface area (Å²) in [6.07, 6.45) is 0.116. The molecule has 0 N–H and O–H groups in total. The average molecular weight is 170 g/mol. The number of esters is 1. The Balaban J connectivity index is 2.67. The molecule has 1 heterocycles. The second-order valence-electron chi connectivity index (χ2n) is 4.99. The minimum Gasteiger partial charge on any atom is -0.461 e. The summed E-state index contributed by atoms with van der Waals surface area (Å²) in [6, 6.07) is 0. The summed E-state index contributed by atoms with van der Waals surface area (Å²) in [5.41, 5.74) is 0.0862. The van der Waals surface area contributed by atoms with E-state index in [2.05, 4.69) is 34.6 Å². The molecule has 0 aromatic rings. The molecule has 2 unspecified atom stereocenters. The van der Waals surface area contributed by atoms with Crippen molar-refractivity contribution in [3.63, 3.8) is 0 Å². The topological polar surface area (TPSA) is 26.3 Å². The highest BCUT2D eigenvalue weighted by atomic mass is 16.6. The number of hydrogen-bond donors (Lipinski definition) is 0. The van der Waals surface area contributed by atoms with Crippen molar-refractivity contribution in [1.29, 1.82) is 0 Å². The zero-order valence-electron chi connectivity index (χ0n) is 8.55. The second kappa shape index (κ2) is 2.75. The Morgan fingerprint density at radius 3 is 2.00 bits per heavy atom. The Morgan fingerprint density at radius 2 is 1.83 bits per heavy atom. The van der Waals surface area contributed by atoms with E-state index in [4.69, 9.17) is 4.74 Å². The van der Waals surface area contributed by atoms with Gasteiger partial charge in [0.05, 0.1) is 5.92 Å². The third-order valence-corrected chi connectivity index (χ3v) is 2.41. The summed E-state index contributed by atoms with van der Waals surface area (Å²) in [4.78, 5) is 11.1. The Kier molecular flexibility index (Phi) is 2.19. The van der Waals surface area contributed by atoms with Gasteiger partial charge in [0.15, 0.2) is 0 Å². The van der Waals surface area contributed by atoms with Crippen LogP contribution in [-0.2, 0) is 9.53 Å². The van der Waals surface area contributed by atoms with Crippen molar-refractivity contribution in [2.75, 3.05) is 0 Å². The molecule has 0 saturated carbocycles. The summed E-state index contributed by atoms with van der Waals surface area (Å²) in [7, 11) is 0. The van der Waals surface area contributed by atoms with E-state index in [1.165, 1.54) is 0 Å². The molecule has 2 heteroatoms. The van der Waals surface area contributed by atoms with Crippen LogP contribution in [0.5, 0.6) is 0 Å². The van der Waals surface area contributed by atoms with E-state index in [-0.39, 0.29) is 23.4 Å². The minimum atomic E-state index is -0.0232. The third-order valence-electron chi connectivity index (χ3n) is 2.41. The monoisotopic (exact) mass is 170 g/mol. The Morgan fingerprint density at radius 1 is 1.33 bits per heavy atom. The molecule has 1 saturated heterocycles. The van der Waals surface area contributed by atoms with E-state index in [0.29, 0.717) is 5.92 Å². The molecule has 2 atom stereocenters. The van der Waals surface area contributed by atoms with Gasteiger partial charge in [-0.15, -0.1) is 0 Å². The number of carbonyl (C=O) groups excluding carboxylic acids is 1. The van der Waals surface area contributed by atoms with Crippen molar-refractivity contribution in [2.45, 2.75) is 40.7 Å². The summed E-state index contributed by atoms with van der Waals surface area (Å²) in [6.45, 7) is 10.5. The maximum absolute atomic E-state index is 11.1. The molecular weight excluding hydrogens is 152 g/mol. The molecule has 0 amide bonds. The van der Waals surface area contributed by atoms with Crippen molar-refractivity contribution in [1.82, 2.24) is 0 Å². The van der Waals surface area contributed by atoms with Gasteiger partial charge in [-0.2, -0.15) is 0 Å². The fourth-order valence-electron chi connectivity index (χ4n) is 1.67. The van der Waals surface area contributed by atoms with E-state index in [9.17, 15) is 4.79 Å². The predicted molar refractivity (Wildman–Crippen MR) is 47.7 cm³/mol. The zero-order valence-corrected chi connectivity index (χ0v) is 8.55. The Hall–Kier alpha value is -0.530. The lowest BCUT2D eigenvalue weighted by Gasteiger charge is -2.45. The maximum atomic E-state index is 11.1. The van der Waals surface area contributed by atoms with Crippen molar-refractivity contribution >= 4 is 5.97 Å². The highest BCUT2D eigenvalue weighted by molar-refractivity contribution is 5.79. The summed E-state index contributed by atoms with van der Waals surface area (Å²) in [5.74, 6) is 0.491. The van der Waals surface area contributed by atoms with Gasteiger partial charge in [0.2, 0.25) is 0 Å². The van der Waals surface area contributed by atoms with Gasteiger partial charge in [-0.1, -0.05) is 34.6 Å². The average Bonchev–Trinajstić information content (AvgIpc) is 1.78. The zero-order chi connectivity index (χ0) is 9.52. The van der Waals surface area contributed by atoms with Crippen LogP contribution in [0.4, 0.5) is 0 Å². The Labute approximate surface area is 74.3 Å². The van der Waals surface area contributed by atoms with Crippen molar-refractivity contribution in [2.24, 2.45) is 17.3 Å². The van der Waals surface area contributed by atoms with E-state index in [1.807, 2.05) is 0 Å². The van der Waals surface area contributed by atoms with Crippen LogP contribution in [0.3, 0.4) is 0 Å². The third kappa shape index (κ3) is 1.47. The van der Waals surface area contributed by atoms with E-state index < -0.39 is 0 Å². The molecule has 1 rings (SSSR count). The molecule has 0 spiro atoms. The molecule has 0 aromatic carbocycles. The normalized spacial score (nSPS) is 30.0. The molecule has 0 radical (unpaired) electrons. The van der Waals surface area contributed by atoms with Gasteiger partial charge in [-0.05, 0) is 11.3 Å². The summed E-state index contributed by atoms with van der Waals surface area (Å²) in [5, 5.41) is 0. The first kappa shape index (κ1) is 9.56. The van der Waals surface area contributed by atoms with Gasteiger partial charge < -0.3 is 4.74 Å². The van der Waals surface area contributed by atoms with Gasteiger partial charge in [-0.25, -0.2) is 0 Å². The van der Waals surface area contributed by atoms with Crippen LogP contribution in [0.2, 0.25) is 0 Å². The van der Waals surface area contributed by atoms with E-state index >= 15 is 0 Å². The smallest absolute Gasteiger partial charge is 0.313 e. The fourth-order valence-corrected chi connectivity index (χ4v) is 1.67. The summed E-state index contributed by atoms with van der Waals surface area (Å²) < 4.78 is 5.14. The second-order valence-corrected chi connectivity index (χ2v) is 4.99. The Bertz CT molecular complexity index is 189. The summed E-state index contributed by atoms with van der Waals surface area (Å²) >= 11 is 0. The molecule has 0 bridgehead atoms. The van der Waals surface area contributed by atoms with Gasteiger partial charge in [-0.3, -0.25) is 4.79 Å². The highest BCUT2D eigenvalue weighted by Crippen LogP contribution is 2.40. The minimum absolute atomic E-state index is 0.0232. The SMILES string of the molecule is CC(C)C1C(=O)OC1C(C)(C)C. The lowest BCUT2D eigenvalue weighted by Crippen LogP contribution is -2.54. The first-order valence-corrected chi connectivity index (χ1v) is 4.54. The number of cyclic esters (lactones) is 1. The number of hydrogen-bond acceptors (Lipinski definition) is 2. The molecule has 1 aliphatic rings. The van der Waals surface area contributed by atoms with Crippen LogP contribution in [-0.4, -0.2) is 12.1 Å². The van der Waals surface area contributed by atoms with Gasteiger partial charge in [0.1, 0.15) is 6.10 Å². The fraction of sp³-hybridized carbons (Fsp3) is 0.900. The van der Waals surface area contributed by atoms with Crippen molar-refractivity contribution in [3.8, 4) is 0 Å². The van der Waals surface area contributed by atoms with Crippen molar-refractivity contribution < 1.29 is 9.53 Å². The predicted octanol–water partition coefficient (Wildman–Crippen LogP) is 2.23. The lowest BCUT2D eigenvalue weighted by molar-refractivity contribution is -0.203. The maximum Gasteiger partial charge on any atom is 0.313 e. The van der Waals surface area contributed by atoms with E-state index in [0.717, 1.165) is 0 Å². The van der Waals surface area contributed by atoms with Crippen LogP contribution in [0.1, 0.15) is 34.6 Å². The molecule has 0 aromatic heterocycles. The first-order valence-electron chi connectivity index (χ1n) is 4.54. The number of carbonyl (C=O) groups is 1. The number of ether oxygens (including phenoxy) is 1. The highest BCUT2D eigenvalue weighted by Gasteiger charge is 2.49. The van der Waals surface area contributed by atoms with Gasteiger partial charge in [0.25, 0.3) is 0 Å². The first-order chi connectivity index (χ1) is 5.34. The molecule has 2 nitrogen and oxygen atoms in total. The van der Waals surface area contributed by atoms with Crippen LogP contribution in [0.25, 0.3) is 0 Å². The van der Waals surface area contributed by atoms with Crippen LogP contribution >= 0.6 is 0 Å². The molecule has 12 heavy (non-hydrogen) atoms. The lowest BCUT2D eigenvalue weighted by atomic mass is 9.73. The van der Waals surface area contributed by atoms with E-state index in [1.54, 1.807) is 0 Å². The van der Waals surface area contributed by atoms with Crippen LogP contribution in [0.15, 0.2) is 0 Å². The largest absolute Gasteiger partial charge is 0.461 e. The van der Waals surface area contributed by atoms with Crippen LogP contribution < -0.4 is 0 Å². The molecule has 70 valence electrons. The van der Waals surface area contributed by atoms with Crippen molar-refractivity contribution in [3.05, 3.63) is 0 Å². The molecule has 1 fully saturated rings. The molecular formula is C10H18O2. The number of rotatable bonds is 1. The molecule has 0 aliphatic carbocycles. The van der Waals surface area contributed by atoms with Gasteiger partial charge >= 0.3 is 5.97 Å². The quantitative estimate of drug-likeness (QED) is 0.564. The van der Waals surface area contributed by atoms with Crippen LogP contribution in [0, 0.1) is 17.3 Å². The molecule has 1 aliphatic heterocycles. The van der Waals surface area contributed by atoms with Gasteiger partial charge in [0, 0.05) is 0 Å².